The minimum absolute atomic E-state index is 0.0152. The second-order valence-corrected chi connectivity index (χ2v) is 24.9. The maximum Gasteiger partial charge on any atom is 0.472 e. The van der Waals surface area contributed by atoms with E-state index in [-0.39, 0.29) is 32.0 Å². The standard InChI is InChI=1S/C78H126NO8P/c1-6-8-10-12-14-16-18-20-22-24-26-28-30-32-34-35-36-37-38-39-40-41-42-43-45-47-49-51-53-55-57-59-61-63-65-67-69-71-78(81)87-76(75-86-88(82,83)85-73-72-79(3,4)5)74-84-77(80)70-68-66-64-62-60-58-56-54-52-50-48-46-44-33-31-29-27-25-23-21-19-17-15-13-11-9-7-2/h8-11,14-17,20-23,26-29,32,34,36-37,39-40,42-43,47,49,53,55,59,61,76H,6-7,12-13,18-19,24-25,30-31,33,35,38,41,44-46,48,50-52,54,56-58,60,62-75H2,1-5H3/p+1/b10-8-,11-9-,16-14-,17-15-,22-20-,23-21-,28-26-,29-27-,34-32-,37-36-,40-39-,43-42-,49-47-,55-53-,61-59-. The molecule has 1 N–H and O–H groups in total. The highest BCUT2D eigenvalue weighted by atomic mass is 31.2. The molecule has 10 heteroatoms. The number of carbonyl (C=O) groups excluding carboxylic acids is 2. The first kappa shape index (κ1) is 83.1. The van der Waals surface area contributed by atoms with Gasteiger partial charge < -0.3 is 18.9 Å². The number of likely N-dealkylation sites (N-methyl/N-ethyl adjacent to an activating group) is 1. The molecule has 88 heavy (non-hydrogen) atoms. The Bertz CT molecular complexity index is 2140. The highest BCUT2D eigenvalue weighted by Crippen LogP contribution is 2.43. The van der Waals surface area contributed by atoms with E-state index in [1.54, 1.807) is 0 Å². The van der Waals surface area contributed by atoms with Crippen molar-refractivity contribution in [1.29, 1.82) is 0 Å². The van der Waals surface area contributed by atoms with Crippen molar-refractivity contribution in [2.75, 3.05) is 47.5 Å². The molecule has 9 nitrogen and oxygen atoms in total. The second-order valence-electron chi connectivity index (χ2n) is 23.4. The molecule has 0 aliphatic carbocycles. The van der Waals surface area contributed by atoms with E-state index in [0.29, 0.717) is 17.4 Å². The smallest absolute Gasteiger partial charge is 0.462 e. The molecule has 2 atom stereocenters. The number of ether oxygens (including phenoxy) is 2. The monoisotopic (exact) mass is 1240 g/mol. The van der Waals surface area contributed by atoms with E-state index in [0.717, 1.165) is 135 Å². The van der Waals surface area contributed by atoms with Gasteiger partial charge in [0.15, 0.2) is 6.10 Å². The molecule has 0 aliphatic rings. The molecule has 0 aromatic rings. The van der Waals surface area contributed by atoms with Gasteiger partial charge in [-0.2, -0.15) is 0 Å². The zero-order chi connectivity index (χ0) is 64.1. The summed E-state index contributed by atoms with van der Waals surface area (Å²) in [4.78, 5) is 35.9. The zero-order valence-electron chi connectivity index (χ0n) is 56.4. The van der Waals surface area contributed by atoms with E-state index >= 15 is 0 Å². The number of phosphoric ester groups is 1. The summed E-state index contributed by atoms with van der Waals surface area (Å²) in [6.45, 7) is 4.15. The predicted molar refractivity (Wildman–Crippen MR) is 380 cm³/mol. The quantitative estimate of drug-likeness (QED) is 0.0211. The second kappa shape index (κ2) is 66.5. The molecule has 0 rings (SSSR count). The van der Waals surface area contributed by atoms with Gasteiger partial charge in [-0.3, -0.25) is 18.6 Å². The third-order valence-electron chi connectivity index (χ3n) is 13.9. The van der Waals surface area contributed by atoms with Crippen molar-refractivity contribution in [2.24, 2.45) is 0 Å². The van der Waals surface area contributed by atoms with Crippen LogP contribution < -0.4 is 0 Å². The van der Waals surface area contributed by atoms with Gasteiger partial charge in [0.05, 0.1) is 27.7 Å². The Balaban J connectivity index is 4.21. The van der Waals surface area contributed by atoms with Crippen LogP contribution in [0, 0.1) is 0 Å². The Morgan fingerprint density at radius 2 is 0.614 bits per heavy atom. The maximum absolute atomic E-state index is 12.9. The van der Waals surface area contributed by atoms with Gasteiger partial charge in [0.25, 0.3) is 0 Å². The molecule has 0 aromatic carbocycles. The highest BCUT2D eigenvalue weighted by Gasteiger charge is 2.27. The van der Waals surface area contributed by atoms with E-state index in [2.05, 4.69) is 196 Å². The molecular weight excluding hydrogens is 1110 g/mol. The van der Waals surface area contributed by atoms with E-state index in [1.165, 1.54) is 77.0 Å². The molecular formula is C78H127NO8P+. The number of phosphoric acid groups is 1. The first-order valence-electron chi connectivity index (χ1n) is 34.5. The van der Waals surface area contributed by atoms with Crippen molar-refractivity contribution in [2.45, 2.75) is 251 Å². The molecule has 0 radical (unpaired) electrons. The van der Waals surface area contributed by atoms with Gasteiger partial charge in [-0.1, -0.05) is 280 Å². The molecule has 0 amide bonds. The summed E-state index contributed by atoms with van der Waals surface area (Å²) in [5.41, 5.74) is 0. The predicted octanol–water partition coefficient (Wildman–Crippen LogP) is 22.7. The summed E-state index contributed by atoms with van der Waals surface area (Å²) in [7, 11) is 1.43. The van der Waals surface area contributed by atoms with Gasteiger partial charge in [0.2, 0.25) is 0 Å². The van der Waals surface area contributed by atoms with Gasteiger partial charge in [-0.05, 0) is 135 Å². The van der Waals surface area contributed by atoms with Gasteiger partial charge >= 0.3 is 19.8 Å². The number of rotatable bonds is 61. The normalized spacial score (nSPS) is 14.3. The van der Waals surface area contributed by atoms with Crippen molar-refractivity contribution >= 4 is 19.8 Å². The van der Waals surface area contributed by atoms with Gasteiger partial charge in [-0.25, -0.2) is 4.57 Å². The molecule has 0 saturated heterocycles. The fraction of sp³-hybridized carbons (Fsp3) is 0.590. The molecule has 0 fully saturated rings. The fourth-order valence-electron chi connectivity index (χ4n) is 8.72. The van der Waals surface area contributed by atoms with Gasteiger partial charge in [0, 0.05) is 12.8 Å². The topological polar surface area (TPSA) is 108 Å². The average Bonchev–Trinajstić information content (AvgIpc) is 3.68. The maximum atomic E-state index is 12.9. The molecule has 496 valence electrons. The van der Waals surface area contributed by atoms with Crippen LogP contribution in [0.2, 0.25) is 0 Å². The summed E-state index contributed by atoms with van der Waals surface area (Å²) in [6, 6.07) is 0. The first-order chi connectivity index (χ1) is 43.0. The highest BCUT2D eigenvalue weighted by molar-refractivity contribution is 7.47. The number of nitrogens with zero attached hydrogens (tertiary/aromatic N) is 1. The lowest BCUT2D eigenvalue weighted by Crippen LogP contribution is -2.37. The minimum atomic E-state index is -4.42. The van der Waals surface area contributed by atoms with Crippen molar-refractivity contribution in [1.82, 2.24) is 0 Å². The number of hydrogen-bond donors (Lipinski definition) is 1. The third-order valence-corrected chi connectivity index (χ3v) is 14.9. The summed E-state index contributed by atoms with van der Waals surface area (Å²) in [5, 5.41) is 0. The summed E-state index contributed by atoms with van der Waals surface area (Å²) in [6.07, 6.45) is 103. The number of unbranched alkanes of at least 4 members (excludes halogenated alkanes) is 17. The fourth-order valence-corrected chi connectivity index (χ4v) is 9.46. The number of hydrogen-bond acceptors (Lipinski definition) is 7. The molecule has 0 heterocycles. The summed E-state index contributed by atoms with van der Waals surface area (Å²) < 4.78 is 34.6. The molecule has 0 saturated carbocycles. The average molecular weight is 1240 g/mol. The Morgan fingerprint density at radius 3 is 0.920 bits per heavy atom. The number of esters is 2. The third kappa shape index (κ3) is 70.2. The van der Waals surface area contributed by atoms with Crippen molar-refractivity contribution in [3.05, 3.63) is 182 Å². The zero-order valence-corrected chi connectivity index (χ0v) is 57.3. The number of carbonyl (C=O) groups is 2. The molecule has 0 aliphatic heterocycles. The van der Waals surface area contributed by atoms with E-state index in [4.69, 9.17) is 18.5 Å². The summed E-state index contributed by atoms with van der Waals surface area (Å²) >= 11 is 0. The van der Waals surface area contributed by atoms with Crippen LogP contribution in [0.1, 0.15) is 245 Å². The molecule has 0 bridgehead atoms. The van der Waals surface area contributed by atoms with Crippen molar-refractivity contribution in [3.8, 4) is 0 Å². The van der Waals surface area contributed by atoms with Crippen LogP contribution in [0.15, 0.2) is 182 Å². The van der Waals surface area contributed by atoms with Crippen molar-refractivity contribution in [3.63, 3.8) is 0 Å². The van der Waals surface area contributed by atoms with Crippen LogP contribution in [0.3, 0.4) is 0 Å². The number of allylic oxidation sites excluding steroid dienone is 30. The van der Waals surface area contributed by atoms with Crippen LogP contribution >= 0.6 is 7.82 Å². The lowest BCUT2D eigenvalue weighted by molar-refractivity contribution is -0.870. The SMILES string of the molecule is CC/C=C\C/C=C\C/C=C\C/C=C\C/C=C\C/C=C\C/C=C\C/C=C\C/C=C\C/C=C\C/C=C\CCCCCC(=O)OC(COC(=O)CCCCCCCCCCCCCCCC/C=C\C/C=C\C/C=C\C/C=C\CC)COP(=O)(O)OCC[N+](C)(C)C. The van der Waals surface area contributed by atoms with Crippen LogP contribution in [-0.2, 0) is 32.7 Å². The Hall–Kier alpha value is -4.89. The van der Waals surface area contributed by atoms with Gasteiger partial charge in [0.1, 0.15) is 19.8 Å². The Kier molecular flexibility index (Phi) is 62.8. The number of quaternary nitrogens is 1. The Morgan fingerprint density at radius 1 is 0.352 bits per heavy atom. The van der Waals surface area contributed by atoms with Crippen LogP contribution in [0.4, 0.5) is 0 Å². The van der Waals surface area contributed by atoms with Crippen molar-refractivity contribution < 1.29 is 42.1 Å². The minimum Gasteiger partial charge on any atom is -0.462 e. The lowest BCUT2D eigenvalue weighted by atomic mass is 10.0. The molecule has 0 aromatic heterocycles. The lowest BCUT2D eigenvalue weighted by Gasteiger charge is -2.24. The van der Waals surface area contributed by atoms with Crippen LogP contribution in [-0.4, -0.2) is 74.9 Å². The van der Waals surface area contributed by atoms with Crippen LogP contribution in [0.5, 0.6) is 0 Å². The van der Waals surface area contributed by atoms with E-state index < -0.39 is 26.5 Å². The molecule has 0 spiro atoms. The van der Waals surface area contributed by atoms with E-state index in [9.17, 15) is 19.0 Å². The molecule has 2 unspecified atom stereocenters. The Labute approximate surface area is 540 Å². The van der Waals surface area contributed by atoms with E-state index in [1.807, 2.05) is 21.1 Å². The summed E-state index contributed by atoms with van der Waals surface area (Å²) in [5.74, 6) is -0.847. The largest absolute Gasteiger partial charge is 0.472 e. The first-order valence-corrected chi connectivity index (χ1v) is 36.0. The van der Waals surface area contributed by atoms with Crippen LogP contribution in [0.25, 0.3) is 0 Å². The van der Waals surface area contributed by atoms with Gasteiger partial charge in [-0.15, -0.1) is 0 Å².